The first-order chi connectivity index (χ1) is 7.65. The molecule has 0 aliphatic carbocycles. The summed E-state index contributed by atoms with van der Waals surface area (Å²) in [5, 5.41) is 0. The standard InChI is InChI=1S/C12H19N3O/c1-3-6-15-7-4-5-10(15)12-9(13)8-11(16)14(12)2/h4-5,7,9,12H,3,6,8,13H2,1-2H3/t9-,12-/m1/s1. The van der Waals surface area contributed by atoms with Crippen molar-refractivity contribution in [3.63, 3.8) is 0 Å². The smallest absolute Gasteiger partial charge is 0.224 e. The van der Waals surface area contributed by atoms with Crippen LogP contribution in [0.2, 0.25) is 0 Å². The predicted molar refractivity (Wildman–Crippen MR) is 62.8 cm³/mol. The maximum atomic E-state index is 11.6. The second kappa shape index (κ2) is 4.29. The Kier molecular flexibility index (Phi) is 3.01. The second-order valence-electron chi connectivity index (χ2n) is 4.44. The Morgan fingerprint density at radius 3 is 2.88 bits per heavy atom. The van der Waals surface area contributed by atoms with Gasteiger partial charge in [-0.15, -0.1) is 0 Å². The molecule has 2 N–H and O–H groups in total. The molecule has 0 spiro atoms. The van der Waals surface area contributed by atoms with Gasteiger partial charge in [-0.05, 0) is 18.6 Å². The van der Waals surface area contributed by atoms with Crippen LogP contribution in [-0.2, 0) is 11.3 Å². The highest BCUT2D eigenvalue weighted by Crippen LogP contribution is 2.30. The normalized spacial score (nSPS) is 25.4. The molecule has 4 heteroatoms. The number of aromatic nitrogens is 1. The molecule has 1 aromatic heterocycles. The van der Waals surface area contributed by atoms with Crippen LogP contribution in [0.15, 0.2) is 18.3 Å². The minimum atomic E-state index is -0.0805. The fourth-order valence-corrected chi connectivity index (χ4v) is 2.46. The van der Waals surface area contributed by atoms with Crippen LogP contribution in [0.4, 0.5) is 0 Å². The number of likely N-dealkylation sites (N-methyl/N-ethyl adjacent to an activating group) is 1. The topological polar surface area (TPSA) is 51.3 Å². The molecule has 88 valence electrons. The van der Waals surface area contributed by atoms with Crippen LogP contribution >= 0.6 is 0 Å². The van der Waals surface area contributed by atoms with Crippen molar-refractivity contribution in [1.29, 1.82) is 0 Å². The van der Waals surface area contributed by atoms with E-state index in [-0.39, 0.29) is 18.0 Å². The van der Waals surface area contributed by atoms with Gasteiger partial charge in [-0.25, -0.2) is 0 Å². The number of likely N-dealkylation sites (tertiary alicyclic amines) is 1. The van der Waals surface area contributed by atoms with E-state index < -0.39 is 0 Å². The SMILES string of the molecule is CCCn1cccc1[C@H]1[C@H](N)CC(=O)N1C. The maximum Gasteiger partial charge on any atom is 0.224 e. The Labute approximate surface area is 96.0 Å². The third kappa shape index (κ3) is 1.73. The van der Waals surface area contributed by atoms with Crippen LogP contribution in [0.1, 0.15) is 31.5 Å². The predicted octanol–water partition coefficient (Wildman–Crippen LogP) is 1.13. The van der Waals surface area contributed by atoms with Crippen molar-refractivity contribution in [3.8, 4) is 0 Å². The van der Waals surface area contributed by atoms with Crippen LogP contribution < -0.4 is 5.73 Å². The second-order valence-corrected chi connectivity index (χ2v) is 4.44. The molecule has 2 heterocycles. The summed E-state index contributed by atoms with van der Waals surface area (Å²) in [7, 11) is 1.84. The maximum absolute atomic E-state index is 11.6. The highest BCUT2D eigenvalue weighted by atomic mass is 16.2. The number of hydrogen-bond acceptors (Lipinski definition) is 2. The van der Waals surface area contributed by atoms with E-state index in [1.54, 1.807) is 4.90 Å². The van der Waals surface area contributed by atoms with Gasteiger partial charge in [-0.3, -0.25) is 4.79 Å². The van der Waals surface area contributed by atoms with E-state index >= 15 is 0 Å². The van der Waals surface area contributed by atoms with Crippen LogP contribution in [-0.4, -0.2) is 28.5 Å². The summed E-state index contributed by atoms with van der Waals surface area (Å²) in [4.78, 5) is 13.4. The lowest BCUT2D eigenvalue weighted by Crippen LogP contribution is -2.32. The van der Waals surface area contributed by atoms with Crippen LogP contribution in [0.5, 0.6) is 0 Å². The summed E-state index contributed by atoms with van der Waals surface area (Å²) >= 11 is 0. The van der Waals surface area contributed by atoms with Gasteiger partial charge in [0.05, 0.1) is 6.04 Å². The van der Waals surface area contributed by atoms with E-state index in [4.69, 9.17) is 5.73 Å². The molecule has 1 saturated heterocycles. The first kappa shape index (κ1) is 11.2. The van der Waals surface area contributed by atoms with Crippen LogP contribution in [0.25, 0.3) is 0 Å². The Bertz CT molecular complexity index is 385. The fraction of sp³-hybridized carbons (Fsp3) is 0.583. The van der Waals surface area contributed by atoms with Gasteiger partial charge in [-0.1, -0.05) is 6.92 Å². The summed E-state index contributed by atoms with van der Waals surface area (Å²) in [6, 6.07) is 4.04. The number of nitrogens with two attached hydrogens (primary N) is 1. The quantitative estimate of drug-likeness (QED) is 0.831. The molecule has 0 bridgehead atoms. The monoisotopic (exact) mass is 221 g/mol. The Hall–Kier alpha value is -1.29. The number of carbonyl (C=O) groups is 1. The first-order valence-electron chi connectivity index (χ1n) is 5.81. The van der Waals surface area contributed by atoms with Gasteiger partial charge in [0.1, 0.15) is 0 Å². The molecule has 0 saturated carbocycles. The van der Waals surface area contributed by atoms with Gasteiger partial charge in [-0.2, -0.15) is 0 Å². The number of carbonyl (C=O) groups excluding carboxylic acids is 1. The third-order valence-electron chi connectivity index (χ3n) is 3.26. The molecule has 0 unspecified atom stereocenters. The van der Waals surface area contributed by atoms with Crippen molar-refractivity contribution in [3.05, 3.63) is 24.0 Å². The zero-order valence-electron chi connectivity index (χ0n) is 9.89. The molecule has 16 heavy (non-hydrogen) atoms. The Morgan fingerprint density at radius 1 is 1.56 bits per heavy atom. The molecule has 2 rings (SSSR count). The Balaban J connectivity index is 2.29. The van der Waals surface area contributed by atoms with E-state index in [2.05, 4.69) is 23.8 Å². The molecule has 0 aromatic carbocycles. The molecule has 0 radical (unpaired) electrons. The highest BCUT2D eigenvalue weighted by molar-refractivity contribution is 5.79. The summed E-state index contributed by atoms with van der Waals surface area (Å²) < 4.78 is 2.19. The summed E-state index contributed by atoms with van der Waals surface area (Å²) in [6.45, 7) is 3.13. The molecule has 1 aliphatic heterocycles. The number of nitrogens with zero attached hydrogens (tertiary/aromatic N) is 2. The van der Waals surface area contributed by atoms with Gasteiger partial charge < -0.3 is 15.2 Å². The van der Waals surface area contributed by atoms with E-state index in [1.807, 2.05) is 13.1 Å². The average Bonchev–Trinajstić information content (AvgIpc) is 2.75. The van der Waals surface area contributed by atoms with Crippen molar-refractivity contribution in [1.82, 2.24) is 9.47 Å². The lowest BCUT2D eigenvalue weighted by molar-refractivity contribution is -0.127. The molecule has 4 nitrogen and oxygen atoms in total. The van der Waals surface area contributed by atoms with Gasteiger partial charge >= 0.3 is 0 Å². The summed E-state index contributed by atoms with van der Waals surface area (Å²) in [5.74, 6) is 0.141. The summed E-state index contributed by atoms with van der Waals surface area (Å²) in [6.07, 6.45) is 3.60. The largest absolute Gasteiger partial charge is 0.350 e. The zero-order valence-corrected chi connectivity index (χ0v) is 9.89. The molecular formula is C12H19N3O. The van der Waals surface area contributed by atoms with Gasteiger partial charge in [0.2, 0.25) is 5.91 Å². The Morgan fingerprint density at radius 2 is 2.31 bits per heavy atom. The van der Waals surface area contributed by atoms with Crippen molar-refractivity contribution in [2.45, 2.75) is 38.4 Å². The lowest BCUT2D eigenvalue weighted by atomic mass is 10.1. The molecule has 1 amide bonds. The van der Waals surface area contributed by atoms with E-state index in [0.717, 1.165) is 18.7 Å². The van der Waals surface area contributed by atoms with Crippen molar-refractivity contribution < 1.29 is 4.79 Å². The van der Waals surface area contributed by atoms with Gasteiger partial charge in [0.25, 0.3) is 0 Å². The average molecular weight is 221 g/mol. The summed E-state index contributed by atoms with van der Waals surface area (Å²) in [5.41, 5.74) is 7.20. The van der Waals surface area contributed by atoms with E-state index in [1.165, 1.54) is 0 Å². The minimum absolute atomic E-state index is 0.0362. The van der Waals surface area contributed by atoms with Crippen molar-refractivity contribution in [2.24, 2.45) is 5.73 Å². The van der Waals surface area contributed by atoms with E-state index in [0.29, 0.717) is 6.42 Å². The zero-order chi connectivity index (χ0) is 11.7. The number of amides is 1. The van der Waals surface area contributed by atoms with E-state index in [9.17, 15) is 4.79 Å². The van der Waals surface area contributed by atoms with Crippen molar-refractivity contribution in [2.75, 3.05) is 7.05 Å². The molecule has 1 fully saturated rings. The van der Waals surface area contributed by atoms with Crippen LogP contribution in [0, 0.1) is 0 Å². The minimum Gasteiger partial charge on any atom is -0.350 e. The van der Waals surface area contributed by atoms with Gasteiger partial charge in [0.15, 0.2) is 0 Å². The molecule has 2 atom stereocenters. The number of hydrogen-bond donors (Lipinski definition) is 1. The van der Waals surface area contributed by atoms with Crippen LogP contribution in [0.3, 0.4) is 0 Å². The lowest BCUT2D eigenvalue weighted by Gasteiger charge is -2.24. The highest BCUT2D eigenvalue weighted by Gasteiger charge is 2.37. The number of aryl methyl sites for hydroxylation is 1. The third-order valence-corrected chi connectivity index (χ3v) is 3.26. The first-order valence-corrected chi connectivity index (χ1v) is 5.81. The molecule has 1 aliphatic rings. The molecular weight excluding hydrogens is 202 g/mol. The van der Waals surface area contributed by atoms with Crippen molar-refractivity contribution >= 4 is 5.91 Å². The van der Waals surface area contributed by atoms with Gasteiger partial charge in [0, 0.05) is 37.9 Å². The fourth-order valence-electron chi connectivity index (χ4n) is 2.46. The number of rotatable bonds is 3. The molecule has 1 aromatic rings.